The smallest absolute Gasteiger partial charge is 0.261 e. The molecule has 1 fully saturated rings. The Morgan fingerprint density at radius 2 is 1.94 bits per heavy atom. The molecule has 7 heteroatoms. The van der Waals surface area contributed by atoms with Crippen LogP contribution in [0, 0.1) is 13.8 Å². The second-order valence-corrected chi connectivity index (χ2v) is 9.23. The monoisotopic (exact) mass is 445 g/mol. The molecule has 0 saturated carbocycles. The lowest BCUT2D eigenvalue weighted by Crippen LogP contribution is -2.51. The fraction of sp³-hybridized carbons (Fsp3) is 0.240. The molecule has 6 nitrogen and oxygen atoms in total. The van der Waals surface area contributed by atoms with Gasteiger partial charge in [0.1, 0.15) is 6.04 Å². The topological polar surface area (TPSA) is 78.5 Å². The number of amides is 3. The Bertz CT molecular complexity index is 1240. The highest BCUT2D eigenvalue weighted by Gasteiger charge is 2.45. The molecule has 0 bridgehead atoms. The van der Waals surface area contributed by atoms with Gasteiger partial charge in [-0.2, -0.15) is 0 Å². The zero-order chi connectivity index (χ0) is 22.4. The van der Waals surface area contributed by atoms with Crippen LogP contribution in [-0.4, -0.2) is 41.2 Å². The van der Waals surface area contributed by atoms with Crippen LogP contribution in [0.1, 0.15) is 37.6 Å². The molecule has 2 N–H and O–H groups in total. The zero-order valence-electron chi connectivity index (χ0n) is 17.8. The number of hydrogen-bond acceptors (Lipinski definition) is 4. The van der Waals surface area contributed by atoms with E-state index in [0.717, 1.165) is 16.7 Å². The molecule has 3 aromatic rings. The summed E-state index contributed by atoms with van der Waals surface area (Å²) in [5.41, 5.74) is 5.33. The highest BCUT2D eigenvalue weighted by atomic mass is 32.1. The molecule has 2 aliphatic rings. The number of anilines is 1. The van der Waals surface area contributed by atoms with Crippen molar-refractivity contribution in [1.29, 1.82) is 0 Å². The second kappa shape index (κ2) is 7.91. The molecule has 3 amide bonds. The van der Waals surface area contributed by atoms with Crippen LogP contribution in [0.3, 0.4) is 0 Å². The predicted octanol–water partition coefficient (Wildman–Crippen LogP) is 4.00. The summed E-state index contributed by atoms with van der Waals surface area (Å²) in [5, 5.41) is 7.71. The van der Waals surface area contributed by atoms with Crippen molar-refractivity contribution in [3.63, 3.8) is 0 Å². The van der Waals surface area contributed by atoms with Crippen molar-refractivity contribution in [2.45, 2.75) is 32.4 Å². The van der Waals surface area contributed by atoms with Crippen LogP contribution in [0.15, 0.2) is 53.9 Å². The Labute approximate surface area is 190 Å². The third-order valence-corrected chi connectivity index (χ3v) is 7.28. The number of hydrogen-bond donors (Lipinski definition) is 2. The van der Waals surface area contributed by atoms with Gasteiger partial charge in [-0.15, -0.1) is 11.3 Å². The average Bonchev–Trinajstić information content (AvgIpc) is 3.44. The average molecular weight is 446 g/mol. The van der Waals surface area contributed by atoms with Crippen molar-refractivity contribution in [2.24, 2.45) is 0 Å². The number of nitrogens with zero attached hydrogens (tertiary/aromatic N) is 1. The molecule has 2 aromatic carbocycles. The van der Waals surface area contributed by atoms with E-state index in [4.69, 9.17) is 0 Å². The van der Waals surface area contributed by atoms with Crippen LogP contribution in [0.25, 0.3) is 11.1 Å². The standard InChI is InChI=1S/C25H23N3O3S/c1-14-5-3-6-17(15(14)2)16-8-9-19-18(13-16)25(31)28-11-10-20(22(28)24(30)26-19)27-23(29)21-7-4-12-32-21/h3-9,12-13,20,22H,10-11H2,1-2H3,(H,26,30)(H,27,29)/t20-,22-/m0/s1. The molecule has 1 saturated heterocycles. The van der Waals surface area contributed by atoms with Crippen LogP contribution < -0.4 is 10.6 Å². The molecule has 0 unspecified atom stereocenters. The number of nitrogens with one attached hydrogen (secondary N) is 2. The van der Waals surface area contributed by atoms with E-state index in [1.165, 1.54) is 16.9 Å². The van der Waals surface area contributed by atoms with Crippen LogP contribution >= 0.6 is 11.3 Å². The van der Waals surface area contributed by atoms with Gasteiger partial charge >= 0.3 is 0 Å². The number of fused-ring (bicyclic) bond motifs is 2. The van der Waals surface area contributed by atoms with Crippen molar-refractivity contribution >= 4 is 34.7 Å². The summed E-state index contributed by atoms with van der Waals surface area (Å²) >= 11 is 1.35. The molecule has 0 aliphatic carbocycles. The summed E-state index contributed by atoms with van der Waals surface area (Å²) in [4.78, 5) is 41.3. The molecule has 0 spiro atoms. The molecule has 2 aliphatic heterocycles. The first-order chi connectivity index (χ1) is 15.4. The minimum absolute atomic E-state index is 0.191. The first-order valence-electron chi connectivity index (χ1n) is 10.6. The Morgan fingerprint density at radius 3 is 2.72 bits per heavy atom. The van der Waals surface area contributed by atoms with Gasteiger partial charge in [0.15, 0.2) is 0 Å². The summed E-state index contributed by atoms with van der Waals surface area (Å²) < 4.78 is 0. The van der Waals surface area contributed by atoms with Crippen molar-refractivity contribution in [3.8, 4) is 11.1 Å². The van der Waals surface area contributed by atoms with E-state index in [1.54, 1.807) is 17.0 Å². The van der Waals surface area contributed by atoms with E-state index < -0.39 is 12.1 Å². The maximum Gasteiger partial charge on any atom is 0.261 e. The number of carbonyl (C=O) groups excluding carboxylic acids is 3. The normalized spacial score (nSPS) is 19.8. The third-order valence-electron chi connectivity index (χ3n) is 6.41. The van der Waals surface area contributed by atoms with Gasteiger partial charge in [0.05, 0.1) is 22.2 Å². The van der Waals surface area contributed by atoms with Gasteiger partial charge < -0.3 is 15.5 Å². The summed E-state index contributed by atoms with van der Waals surface area (Å²) in [6, 6.07) is 14.1. The lowest BCUT2D eigenvalue weighted by Gasteiger charge is -2.24. The summed E-state index contributed by atoms with van der Waals surface area (Å²) in [6.45, 7) is 4.55. The van der Waals surface area contributed by atoms with E-state index in [1.807, 2.05) is 35.7 Å². The number of thiophene rings is 1. The Hall–Kier alpha value is -3.45. The minimum Gasteiger partial charge on any atom is -0.346 e. The molecule has 162 valence electrons. The van der Waals surface area contributed by atoms with Gasteiger partial charge in [-0.05, 0) is 66.1 Å². The van der Waals surface area contributed by atoms with Crippen molar-refractivity contribution < 1.29 is 14.4 Å². The van der Waals surface area contributed by atoms with Crippen LogP contribution in [0.5, 0.6) is 0 Å². The molecule has 2 atom stereocenters. The minimum atomic E-state index is -0.733. The van der Waals surface area contributed by atoms with E-state index in [0.29, 0.717) is 29.1 Å². The molecular formula is C25H23N3O3S. The van der Waals surface area contributed by atoms with Gasteiger partial charge in [0.2, 0.25) is 5.91 Å². The first-order valence-corrected chi connectivity index (χ1v) is 11.5. The van der Waals surface area contributed by atoms with Crippen LogP contribution in [0.4, 0.5) is 5.69 Å². The predicted molar refractivity (Wildman–Crippen MR) is 125 cm³/mol. The Kier molecular flexibility index (Phi) is 5.06. The van der Waals surface area contributed by atoms with Gasteiger partial charge in [0, 0.05) is 6.54 Å². The largest absolute Gasteiger partial charge is 0.346 e. The van der Waals surface area contributed by atoms with E-state index in [2.05, 4.69) is 30.5 Å². The van der Waals surface area contributed by atoms with Crippen molar-refractivity contribution in [2.75, 3.05) is 11.9 Å². The maximum atomic E-state index is 13.5. The molecule has 3 heterocycles. The number of carbonyl (C=O) groups is 3. The fourth-order valence-electron chi connectivity index (χ4n) is 4.57. The maximum absolute atomic E-state index is 13.5. The van der Waals surface area contributed by atoms with Crippen LogP contribution in [-0.2, 0) is 4.79 Å². The second-order valence-electron chi connectivity index (χ2n) is 8.29. The van der Waals surface area contributed by atoms with Gasteiger partial charge in [0.25, 0.3) is 11.8 Å². The summed E-state index contributed by atoms with van der Waals surface area (Å²) in [5.74, 6) is -0.681. The summed E-state index contributed by atoms with van der Waals surface area (Å²) in [6.07, 6.45) is 0.535. The van der Waals surface area contributed by atoms with Gasteiger partial charge in [-0.1, -0.05) is 30.3 Å². The van der Waals surface area contributed by atoms with Crippen molar-refractivity contribution in [3.05, 3.63) is 75.5 Å². The molecule has 0 radical (unpaired) electrons. The Morgan fingerprint density at radius 1 is 1.09 bits per heavy atom. The lowest BCUT2D eigenvalue weighted by molar-refractivity contribution is -0.120. The highest BCUT2D eigenvalue weighted by Crippen LogP contribution is 2.33. The number of rotatable bonds is 3. The van der Waals surface area contributed by atoms with E-state index in [9.17, 15) is 14.4 Å². The SMILES string of the molecule is Cc1cccc(-c2ccc3c(c2)C(=O)N2CC[C@H](NC(=O)c4cccs4)[C@H]2C(=O)N3)c1C. The third kappa shape index (κ3) is 3.39. The number of aryl methyl sites for hydroxylation is 1. The van der Waals surface area contributed by atoms with Gasteiger partial charge in [-0.3, -0.25) is 14.4 Å². The number of benzene rings is 2. The summed E-state index contributed by atoms with van der Waals surface area (Å²) in [7, 11) is 0. The highest BCUT2D eigenvalue weighted by molar-refractivity contribution is 7.12. The van der Waals surface area contributed by atoms with E-state index >= 15 is 0 Å². The zero-order valence-corrected chi connectivity index (χ0v) is 18.7. The fourth-order valence-corrected chi connectivity index (χ4v) is 5.19. The Balaban J connectivity index is 1.46. The quantitative estimate of drug-likeness (QED) is 0.640. The molecule has 5 rings (SSSR count). The molecule has 32 heavy (non-hydrogen) atoms. The lowest BCUT2D eigenvalue weighted by atomic mass is 9.95. The van der Waals surface area contributed by atoms with E-state index in [-0.39, 0.29) is 17.7 Å². The van der Waals surface area contributed by atoms with Crippen LogP contribution in [0.2, 0.25) is 0 Å². The van der Waals surface area contributed by atoms with Crippen molar-refractivity contribution in [1.82, 2.24) is 10.2 Å². The molecule has 1 aromatic heterocycles. The first kappa shape index (κ1) is 20.5. The molecular weight excluding hydrogens is 422 g/mol. The van der Waals surface area contributed by atoms with Gasteiger partial charge in [-0.25, -0.2) is 0 Å².